The summed E-state index contributed by atoms with van der Waals surface area (Å²) in [5.41, 5.74) is -2.27. The Bertz CT molecular complexity index is 773. The van der Waals surface area contributed by atoms with Gasteiger partial charge in [-0.05, 0) is 18.2 Å². The van der Waals surface area contributed by atoms with Gasteiger partial charge in [-0.3, -0.25) is 4.79 Å². The SMILES string of the molecule is N#Cc1c[nH]c(=O)n(-c2ccc(Cl)cc2F)c1=O. The van der Waals surface area contributed by atoms with Gasteiger partial charge in [-0.25, -0.2) is 13.8 Å². The van der Waals surface area contributed by atoms with E-state index in [1.54, 1.807) is 6.07 Å². The van der Waals surface area contributed by atoms with Gasteiger partial charge >= 0.3 is 5.69 Å². The molecule has 0 saturated carbocycles. The minimum absolute atomic E-state index is 0.136. The summed E-state index contributed by atoms with van der Waals surface area (Å²) in [5, 5.41) is 8.83. The van der Waals surface area contributed by atoms with Crippen molar-refractivity contribution >= 4 is 11.6 Å². The number of hydrogen-bond donors (Lipinski definition) is 1. The lowest BCUT2D eigenvalue weighted by molar-refractivity contribution is 0.612. The number of nitrogens with one attached hydrogen (secondary N) is 1. The van der Waals surface area contributed by atoms with Crippen LogP contribution < -0.4 is 11.2 Å². The third-order valence-corrected chi connectivity index (χ3v) is 2.48. The van der Waals surface area contributed by atoms with E-state index in [4.69, 9.17) is 16.9 Å². The zero-order valence-electron chi connectivity index (χ0n) is 8.78. The molecule has 0 aliphatic heterocycles. The number of halogens is 2. The third kappa shape index (κ3) is 1.92. The number of H-pyrrole nitrogens is 1. The number of benzene rings is 1. The van der Waals surface area contributed by atoms with Crippen LogP contribution in [0.15, 0.2) is 34.0 Å². The molecule has 1 N–H and O–H groups in total. The van der Waals surface area contributed by atoms with Crippen molar-refractivity contribution in [2.45, 2.75) is 0 Å². The number of nitriles is 1. The van der Waals surface area contributed by atoms with Crippen LogP contribution in [0.25, 0.3) is 5.69 Å². The monoisotopic (exact) mass is 265 g/mol. The highest BCUT2D eigenvalue weighted by molar-refractivity contribution is 6.30. The summed E-state index contributed by atoms with van der Waals surface area (Å²) in [6, 6.07) is 5.11. The molecule has 0 bridgehead atoms. The van der Waals surface area contributed by atoms with Crippen molar-refractivity contribution in [3.8, 4) is 11.8 Å². The van der Waals surface area contributed by atoms with E-state index in [1.165, 1.54) is 12.1 Å². The molecule has 0 radical (unpaired) electrons. The molecule has 18 heavy (non-hydrogen) atoms. The van der Waals surface area contributed by atoms with E-state index >= 15 is 0 Å². The van der Waals surface area contributed by atoms with Crippen molar-refractivity contribution in [2.75, 3.05) is 0 Å². The van der Waals surface area contributed by atoms with Crippen molar-refractivity contribution in [1.82, 2.24) is 9.55 Å². The van der Waals surface area contributed by atoms with E-state index in [9.17, 15) is 14.0 Å². The van der Waals surface area contributed by atoms with Crippen LogP contribution in [0.4, 0.5) is 4.39 Å². The Kier molecular flexibility index (Phi) is 3.00. The second-order valence-corrected chi connectivity index (χ2v) is 3.79. The summed E-state index contributed by atoms with van der Waals surface area (Å²) >= 11 is 5.58. The molecule has 2 rings (SSSR count). The quantitative estimate of drug-likeness (QED) is 0.841. The topological polar surface area (TPSA) is 78.7 Å². The van der Waals surface area contributed by atoms with Gasteiger partial charge in [0.25, 0.3) is 5.56 Å². The Balaban J connectivity index is 2.84. The van der Waals surface area contributed by atoms with Gasteiger partial charge in [-0.1, -0.05) is 11.6 Å². The van der Waals surface area contributed by atoms with Crippen molar-refractivity contribution in [1.29, 1.82) is 5.26 Å². The summed E-state index contributed by atoms with van der Waals surface area (Å²) < 4.78 is 14.2. The van der Waals surface area contributed by atoms with Crippen LogP contribution in [-0.2, 0) is 0 Å². The Hall–Kier alpha value is -2.39. The highest BCUT2D eigenvalue weighted by Gasteiger charge is 2.12. The predicted octanol–water partition coefficient (Wildman–Crippen LogP) is 1.19. The maximum Gasteiger partial charge on any atom is 0.333 e. The summed E-state index contributed by atoms with van der Waals surface area (Å²) in [6.07, 6.45) is 0.981. The molecular formula is C11H5ClFN3O2. The average Bonchev–Trinajstić information content (AvgIpc) is 2.32. The average molecular weight is 266 g/mol. The minimum Gasteiger partial charge on any atom is -0.312 e. The number of nitrogens with zero attached hydrogens (tertiary/aromatic N) is 2. The van der Waals surface area contributed by atoms with Crippen molar-refractivity contribution in [2.24, 2.45) is 0 Å². The highest BCUT2D eigenvalue weighted by Crippen LogP contribution is 2.15. The maximum atomic E-state index is 13.7. The van der Waals surface area contributed by atoms with E-state index in [0.29, 0.717) is 4.57 Å². The van der Waals surface area contributed by atoms with Gasteiger partial charge < -0.3 is 4.98 Å². The first-order valence-corrected chi connectivity index (χ1v) is 5.12. The van der Waals surface area contributed by atoms with Gasteiger partial charge in [0.1, 0.15) is 17.4 Å². The first-order valence-electron chi connectivity index (χ1n) is 4.75. The number of aromatic nitrogens is 2. The molecule has 0 fully saturated rings. The number of hydrogen-bond acceptors (Lipinski definition) is 3. The van der Waals surface area contributed by atoms with E-state index in [-0.39, 0.29) is 16.3 Å². The fourth-order valence-corrected chi connectivity index (χ4v) is 1.59. The Morgan fingerprint density at radius 2 is 2.11 bits per heavy atom. The van der Waals surface area contributed by atoms with Crippen LogP contribution >= 0.6 is 11.6 Å². The lowest BCUT2D eigenvalue weighted by atomic mass is 10.3. The first kappa shape index (κ1) is 12.1. The normalized spacial score (nSPS) is 10.1. The molecule has 1 heterocycles. The molecule has 1 aromatic heterocycles. The smallest absolute Gasteiger partial charge is 0.312 e. The predicted molar refractivity (Wildman–Crippen MR) is 62.3 cm³/mol. The van der Waals surface area contributed by atoms with Gasteiger partial charge in [0.15, 0.2) is 0 Å². The van der Waals surface area contributed by atoms with Crippen LogP contribution in [0.2, 0.25) is 5.02 Å². The molecule has 7 heteroatoms. The lowest BCUT2D eigenvalue weighted by Gasteiger charge is -2.05. The molecule has 0 amide bonds. The first-order chi connectivity index (χ1) is 8.54. The molecule has 0 aliphatic rings. The Morgan fingerprint density at radius 3 is 2.72 bits per heavy atom. The summed E-state index contributed by atoms with van der Waals surface area (Å²) in [4.78, 5) is 25.5. The molecule has 5 nitrogen and oxygen atoms in total. The van der Waals surface area contributed by atoms with Crippen molar-refractivity contribution < 1.29 is 4.39 Å². The molecule has 0 atom stereocenters. The van der Waals surface area contributed by atoms with E-state index in [1.807, 2.05) is 0 Å². The van der Waals surface area contributed by atoms with E-state index in [0.717, 1.165) is 12.3 Å². The van der Waals surface area contributed by atoms with Gasteiger partial charge in [0.2, 0.25) is 0 Å². The molecule has 1 aromatic carbocycles. The zero-order chi connectivity index (χ0) is 13.3. The standard InChI is InChI=1S/C11H5ClFN3O2/c12-7-1-2-9(8(13)3-7)16-10(17)6(4-14)5-15-11(16)18/h1-3,5H,(H,15,18). The second kappa shape index (κ2) is 4.47. The molecule has 90 valence electrons. The molecule has 0 saturated heterocycles. The minimum atomic E-state index is -0.887. The van der Waals surface area contributed by atoms with E-state index < -0.39 is 17.1 Å². The molecular weight excluding hydrogens is 261 g/mol. The number of aromatic amines is 1. The lowest BCUT2D eigenvalue weighted by Crippen LogP contribution is -2.35. The van der Waals surface area contributed by atoms with Gasteiger partial charge in [0.05, 0.1) is 5.69 Å². The van der Waals surface area contributed by atoms with Crippen LogP contribution in [0, 0.1) is 17.1 Å². The highest BCUT2D eigenvalue weighted by atomic mass is 35.5. The van der Waals surface area contributed by atoms with Gasteiger partial charge in [-0.15, -0.1) is 0 Å². The van der Waals surface area contributed by atoms with Gasteiger partial charge in [0, 0.05) is 11.2 Å². The fourth-order valence-electron chi connectivity index (χ4n) is 1.43. The molecule has 0 spiro atoms. The van der Waals surface area contributed by atoms with Crippen LogP contribution in [0.1, 0.15) is 5.56 Å². The largest absolute Gasteiger partial charge is 0.333 e. The summed E-state index contributed by atoms with van der Waals surface area (Å²) in [5.74, 6) is -0.829. The Morgan fingerprint density at radius 1 is 1.39 bits per heavy atom. The van der Waals surface area contributed by atoms with Crippen molar-refractivity contribution in [3.05, 3.63) is 61.6 Å². The maximum absolute atomic E-state index is 13.7. The molecule has 0 unspecified atom stereocenters. The summed E-state index contributed by atoms with van der Waals surface area (Å²) in [7, 11) is 0. The molecule has 2 aromatic rings. The van der Waals surface area contributed by atoms with Crippen molar-refractivity contribution in [3.63, 3.8) is 0 Å². The van der Waals surface area contributed by atoms with E-state index in [2.05, 4.69) is 4.98 Å². The zero-order valence-corrected chi connectivity index (χ0v) is 9.53. The fraction of sp³-hybridized carbons (Fsp3) is 0. The Labute approximate surface area is 105 Å². The van der Waals surface area contributed by atoms with Crippen LogP contribution in [-0.4, -0.2) is 9.55 Å². The van der Waals surface area contributed by atoms with Gasteiger partial charge in [-0.2, -0.15) is 5.26 Å². The third-order valence-electron chi connectivity index (χ3n) is 2.25. The summed E-state index contributed by atoms with van der Waals surface area (Å²) in [6.45, 7) is 0. The number of rotatable bonds is 1. The second-order valence-electron chi connectivity index (χ2n) is 3.36. The van der Waals surface area contributed by atoms with Crippen LogP contribution in [0.5, 0.6) is 0 Å². The molecule has 0 aliphatic carbocycles. The van der Waals surface area contributed by atoms with Crippen LogP contribution in [0.3, 0.4) is 0 Å².